The van der Waals surface area contributed by atoms with Gasteiger partial charge in [-0.15, -0.1) is 0 Å². The van der Waals surface area contributed by atoms with Gasteiger partial charge in [-0.1, -0.05) is 0 Å². The molecule has 0 saturated carbocycles. The first-order valence-corrected chi connectivity index (χ1v) is 3.24. The van der Waals surface area contributed by atoms with E-state index in [0.29, 0.717) is 3.77 Å². The molecule has 0 aliphatic carbocycles. The van der Waals surface area contributed by atoms with Gasteiger partial charge in [0.2, 0.25) is 0 Å². The van der Waals surface area contributed by atoms with Crippen molar-refractivity contribution < 1.29 is 5.11 Å². The van der Waals surface area contributed by atoms with E-state index in [1.165, 1.54) is 0 Å². The summed E-state index contributed by atoms with van der Waals surface area (Å²) in [5.41, 5.74) is 0. The maximum Gasteiger partial charge on any atom is 0.159 e. The van der Waals surface area contributed by atoms with Gasteiger partial charge < -0.3 is 5.11 Å². The standard InChI is InChI=1S/C2H2I2O/c3-1-2(4)5/h1,5H/b2-1-. The second kappa shape index (κ2) is 3.20. The van der Waals surface area contributed by atoms with Gasteiger partial charge in [-0.3, -0.25) is 0 Å². The normalized spacial score (nSPS) is 12.0. The second-order valence-corrected chi connectivity index (χ2v) is 2.16. The Bertz CT molecular complexity index is 45.6. The zero-order chi connectivity index (χ0) is 4.28. The van der Waals surface area contributed by atoms with Gasteiger partial charge in [-0.05, 0) is 45.2 Å². The highest BCUT2D eigenvalue weighted by atomic mass is 127. The van der Waals surface area contributed by atoms with Crippen LogP contribution in [0.25, 0.3) is 0 Å². The third-order valence-electron chi connectivity index (χ3n) is 0.0900. The van der Waals surface area contributed by atoms with E-state index in [2.05, 4.69) is 0 Å². The van der Waals surface area contributed by atoms with Gasteiger partial charge >= 0.3 is 0 Å². The highest BCUT2D eigenvalue weighted by Crippen LogP contribution is 2.01. The fourth-order valence-corrected chi connectivity index (χ4v) is 0. The molecule has 0 rings (SSSR count). The highest BCUT2D eigenvalue weighted by molar-refractivity contribution is 14.1. The molecular weight excluding hydrogens is 294 g/mol. The minimum atomic E-state index is 0.336. The number of aliphatic hydroxyl groups is 1. The zero-order valence-corrected chi connectivity index (χ0v) is 6.60. The Balaban J connectivity index is 3.14. The molecular formula is C2H2I2O. The van der Waals surface area contributed by atoms with Crippen LogP contribution < -0.4 is 0 Å². The van der Waals surface area contributed by atoms with Crippen LogP contribution in [0, 0.1) is 0 Å². The summed E-state index contributed by atoms with van der Waals surface area (Å²) in [6, 6.07) is 0. The molecule has 0 radical (unpaired) electrons. The van der Waals surface area contributed by atoms with Crippen LogP contribution in [0.4, 0.5) is 0 Å². The fourth-order valence-electron chi connectivity index (χ4n) is 0. The third kappa shape index (κ3) is 5.00. The Morgan fingerprint density at radius 1 is 1.80 bits per heavy atom. The predicted octanol–water partition coefficient (Wildman–Crippen LogP) is 2.21. The monoisotopic (exact) mass is 296 g/mol. The van der Waals surface area contributed by atoms with Gasteiger partial charge in [-0.25, -0.2) is 0 Å². The van der Waals surface area contributed by atoms with E-state index >= 15 is 0 Å². The van der Waals surface area contributed by atoms with Gasteiger partial charge in [0.25, 0.3) is 0 Å². The van der Waals surface area contributed by atoms with E-state index in [1.54, 1.807) is 4.08 Å². The topological polar surface area (TPSA) is 20.2 Å². The number of aliphatic hydroxyl groups excluding tert-OH is 1. The van der Waals surface area contributed by atoms with E-state index in [4.69, 9.17) is 5.11 Å². The summed E-state index contributed by atoms with van der Waals surface area (Å²) < 4.78 is 1.93. The Morgan fingerprint density at radius 3 is 2.00 bits per heavy atom. The molecule has 3 heteroatoms. The van der Waals surface area contributed by atoms with Crippen molar-refractivity contribution >= 4 is 45.2 Å². The van der Waals surface area contributed by atoms with E-state index in [-0.39, 0.29) is 0 Å². The van der Waals surface area contributed by atoms with Crippen LogP contribution in [0.15, 0.2) is 7.85 Å². The third-order valence-corrected chi connectivity index (χ3v) is 2.18. The average Bonchev–Trinajstić information content (AvgIpc) is 1.38. The summed E-state index contributed by atoms with van der Waals surface area (Å²) in [6.07, 6.45) is 0. The molecule has 0 aliphatic rings. The van der Waals surface area contributed by atoms with E-state index in [1.807, 2.05) is 45.2 Å². The Labute approximate surface area is 57.7 Å². The van der Waals surface area contributed by atoms with E-state index in [0.717, 1.165) is 0 Å². The van der Waals surface area contributed by atoms with Gasteiger partial charge in [0.1, 0.15) is 0 Å². The molecule has 0 atom stereocenters. The first kappa shape index (κ1) is 6.00. The van der Waals surface area contributed by atoms with Crippen LogP contribution in [0.2, 0.25) is 0 Å². The molecule has 0 aromatic carbocycles. The lowest BCUT2D eigenvalue weighted by molar-refractivity contribution is 0.467. The fraction of sp³-hybridized carbons (Fsp3) is 0. The average molecular weight is 296 g/mol. The van der Waals surface area contributed by atoms with E-state index < -0.39 is 0 Å². The minimum Gasteiger partial charge on any atom is -0.502 e. The molecule has 0 spiro atoms. The quantitative estimate of drug-likeness (QED) is 0.537. The second-order valence-electron chi connectivity index (χ2n) is 0.432. The first-order valence-electron chi connectivity index (χ1n) is 0.919. The number of rotatable bonds is 0. The Kier molecular flexibility index (Phi) is 3.84. The summed E-state index contributed by atoms with van der Waals surface area (Å²) in [4.78, 5) is 0. The summed E-state index contributed by atoms with van der Waals surface area (Å²) in [6.45, 7) is 0. The van der Waals surface area contributed by atoms with Crippen molar-refractivity contribution in [1.82, 2.24) is 0 Å². The highest BCUT2D eigenvalue weighted by Gasteiger charge is 1.68. The summed E-state index contributed by atoms with van der Waals surface area (Å²) in [5, 5.41) is 8.20. The van der Waals surface area contributed by atoms with Gasteiger partial charge in [0, 0.05) is 4.08 Å². The number of hydrogen-bond acceptors (Lipinski definition) is 1. The van der Waals surface area contributed by atoms with Gasteiger partial charge in [0.05, 0.1) is 0 Å². The van der Waals surface area contributed by atoms with Crippen molar-refractivity contribution in [3.8, 4) is 0 Å². The van der Waals surface area contributed by atoms with Crippen LogP contribution >= 0.6 is 45.2 Å². The van der Waals surface area contributed by atoms with Crippen molar-refractivity contribution in [2.24, 2.45) is 0 Å². The van der Waals surface area contributed by atoms with E-state index in [9.17, 15) is 0 Å². The first-order chi connectivity index (χ1) is 2.27. The lowest BCUT2D eigenvalue weighted by Crippen LogP contribution is -1.50. The van der Waals surface area contributed by atoms with Gasteiger partial charge in [0.15, 0.2) is 3.77 Å². The van der Waals surface area contributed by atoms with Crippen LogP contribution in [-0.4, -0.2) is 5.11 Å². The Hall–Kier alpha value is 1.00. The molecule has 30 valence electrons. The van der Waals surface area contributed by atoms with Crippen molar-refractivity contribution in [2.75, 3.05) is 0 Å². The van der Waals surface area contributed by atoms with Crippen LogP contribution in [0.5, 0.6) is 0 Å². The molecule has 0 aromatic heterocycles. The maximum atomic E-state index is 8.20. The molecule has 0 bridgehead atoms. The molecule has 5 heavy (non-hydrogen) atoms. The predicted molar refractivity (Wildman–Crippen MR) is 38.8 cm³/mol. The molecule has 0 heterocycles. The molecule has 1 N–H and O–H groups in total. The van der Waals surface area contributed by atoms with Crippen LogP contribution in [0.3, 0.4) is 0 Å². The molecule has 0 aromatic rings. The number of halogens is 2. The van der Waals surface area contributed by atoms with Crippen molar-refractivity contribution in [2.45, 2.75) is 0 Å². The molecule has 0 fully saturated rings. The summed E-state index contributed by atoms with van der Waals surface area (Å²) >= 11 is 3.77. The summed E-state index contributed by atoms with van der Waals surface area (Å²) in [5.74, 6) is 0. The summed E-state index contributed by atoms with van der Waals surface area (Å²) in [7, 11) is 0. The SMILES string of the molecule is O/C(I)=C\I. The van der Waals surface area contributed by atoms with Crippen molar-refractivity contribution in [3.05, 3.63) is 7.85 Å². The molecule has 0 saturated heterocycles. The Morgan fingerprint density at radius 2 is 2.00 bits per heavy atom. The number of hydrogen-bond donors (Lipinski definition) is 1. The molecule has 0 aliphatic heterocycles. The van der Waals surface area contributed by atoms with Crippen LogP contribution in [-0.2, 0) is 0 Å². The largest absolute Gasteiger partial charge is 0.502 e. The van der Waals surface area contributed by atoms with Crippen molar-refractivity contribution in [1.29, 1.82) is 0 Å². The minimum absolute atomic E-state index is 0.336. The lowest BCUT2D eigenvalue weighted by atomic mass is 11.2. The molecule has 1 nitrogen and oxygen atoms in total. The molecule has 0 unspecified atom stereocenters. The smallest absolute Gasteiger partial charge is 0.159 e. The molecule has 0 amide bonds. The zero-order valence-electron chi connectivity index (χ0n) is 2.28. The van der Waals surface area contributed by atoms with Gasteiger partial charge in [-0.2, -0.15) is 0 Å². The maximum absolute atomic E-state index is 8.20. The van der Waals surface area contributed by atoms with Crippen LogP contribution in [0.1, 0.15) is 0 Å². The van der Waals surface area contributed by atoms with Crippen molar-refractivity contribution in [3.63, 3.8) is 0 Å². The lowest BCUT2D eigenvalue weighted by Gasteiger charge is -1.70.